The lowest BCUT2D eigenvalue weighted by atomic mass is 10.1. The number of nitriles is 1. The van der Waals surface area contributed by atoms with Gasteiger partial charge in [0.05, 0.1) is 7.11 Å². The Balaban J connectivity index is 1.68. The minimum Gasteiger partial charge on any atom is -0.497 e. The predicted molar refractivity (Wildman–Crippen MR) is 116 cm³/mol. The monoisotopic (exact) mass is 419 g/mol. The number of methoxy groups -OCH3 is 1. The SMILES string of the molecule is CCCn1c(C)cc(/C=C(\C#N)C(=O)OCc2cc(-c3ccc(OC)cc3)no2)c1C. The predicted octanol–water partition coefficient (Wildman–Crippen LogP) is 4.83. The smallest absolute Gasteiger partial charge is 0.349 e. The first kappa shape index (κ1) is 21.9. The molecule has 0 bridgehead atoms. The number of ether oxygens (including phenoxy) is 2. The fourth-order valence-corrected chi connectivity index (χ4v) is 3.33. The molecule has 2 heterocycles. The standard InChI is InChI=1S/C24H25N3O4/c1-5-10-27-16(2)11-19(17(27)3)12-20(14-25)24(28)30-15-22-13-23(26-31-22)18-6-8-21(29-4)9-7-18/h6-9,11-13H,5,10,15H2,1-4H3/b20-12+. The fourth-order valence-electron chi connectivity index (χ4n) is 3.33. The first-order valence-corrected chi connectivity index (χ1v) is 10.0. The Bertz CT molecular complexity index is 1130. The second-order valence-electron chi connectivity index (χ2n) is 7.13. The first-order chi connectivity index (χ1) is 15.0. The van der Waals surface area contributed by atoms with Gasteiger partial charge in [0.15, 0.2) is 12.4 Å². The van der Waals surface area contributed by atoms with Crippen molar-refractivity contribution in [1.29, 1.82) is 5.26 Å². The molecule has 160 valence electrons. The molecule has 0 atom stereocenters. The number of nitrogens with zero attached hydrogens (tertiary/aromatic N) is 3. The van der Waals surface area contributed by atoms with Crippen molar-refractivity contribution in [3.63, 3.8) is 0 Å². The number of carbonyl (C=O) groups excluding carboxylic acids is 1. The van der Waals surface area contributed by atoms with Crippen LogP contribution in [0.15, 0.2) is 46.5 Å². The third-order valence-electron chi connectivity index (χ3n) is 4.99. The highest BCUT2D eigenvalue weighted by molar-refractivity contribution is 5.98. The highest BCUT2D eigenvalue weighted by Crippen LogP contribution is 2.23. The van der Waals surface area contributed by atoms with Crippen molar-refractivity contribution in [3.8, 4) is 23.1 Å². The van der Waals surface area contributed by atoms with Crippen LogP contribution in [0.2, 0.25) is 0 Å². The number of esters is 1. The van der Waals surface area contributed by atoms with Gasteiger partial charge in [-0.05, 0) is 62.2 Å². The van der Waals surface area contributed by atoms with Crippen LogP contribution in [0.25, 0.3) is 17.3 Å². The third kappa shape index (κ3) is 5.04. The summed E-state index contributed by atoms with van der Waals surface area (Å²) in [6.07, 6.45) is 2.57. The zero-order chi connectivity index (χ0) is 22.4. The molecular weight excluding hydrogens is 394 g/mol. The molecule has 3 aromatic rings. The van der Waals surface area contributed by atoms with Crippen molar-refractivity contribution < 1.29 is 18.8 Å². The van der Waals surface area contributed by atoms with Crippen LogP contribution < -0.4 is 4.74 Å². The number of rotatable bonds is 8. The summed E-state index contributed by atoms with van der Waals surface area (Å²) in [6.45, 7) is 6.87. The molecule has 0 amide bonds. The van der Waals surface area contributed by atoms with Crippen molar-refractivity contribution in [1.82, 2.24) is 9.72 Å². The maximum atomic E-state index is 12.4. The Morgan fingerprint density at radius 1 is 1.26 bits per heavy atom. The summed E-state index contributed by atoms with van der Waals surface area (Å²) < 4.78 is 17.8. The van der Waals surface area contributed by atoms with E-state index < -0.39 is 5.97 Å². The summed E-state index contributed by atoms with van der Waals surface area (Å²) in [5, 5.41) is 13.5. The molecule has 0 aliphatic heterocycles. The van der Waals surface area contributed by atoms with Gasteiger partial charge in [0.1, 0.15) is 23.1 Å². The van der Waals surface area contributed by atoms with E-state index in [1.165, 1.54) is 0 Å². The van der Waals surface area contributed by atoms with E-state index in [0.717, 1.165) is 41.2 Å². The molecule has 0 radical (unpaired) electrons. The van der Waals surface area contributed by atoms with Gasteiger partial charge in [-0.25, -0.2) is 4.79 Å². The molecule has 0 saturated heterocycles. The lowest BCUT2D eigenvalue weighted by molar-refractivity contribution is -0.140. The summed E-state index contributed by atoms with van der Waals surface area (Å²) in [6, 6.07) is 13.0. The summed E-state index contributed by atoms with van der Waals surface area (Å²) in [7, 11) is 1.60. The van der Waals surface area contributed by atoms with E-state index in [0.29, 0.717) is 11.5 Å². The second kappa shape index (κ2) is 9.81. The molecule has 0 fully saturated rings. The van der Waals surface area contributed by atoms with Crippen LogP contribution in [0.1, 0.15) is 36.1 Å². The van der Waals surface area contributed by atoms with E-state index >= 15 is 0 Å². The molecular formula is C24H25N3O4. The van der Waals surface area contributed by atoms with Crippen LogP contribution in [-0.2, 0) is 22.7 Å². The van der Waals surface area contributed by atoms with Crippen molar-refractivity contribution in [2.45, 2.75) is 40.3 Å². The van der Waals surface area contributed by atoms with Crippen LogP contribution in [0, 0.1) is 25.2 Å². The third-order valence-corrected chi connectivity index (χ3v) is 4.99. The number of benzene rings is 1. The van der Waals surface area contributed by atoms with Crippen LogP contribution in [0.5, 0.6) is 5.75 Å². The first-order valence-electron chi connectivity index (χ1n) is 10.0. The minimum absolute atomic E-state index is 0.0633. The zero-order valence-corrected chi connectivity index (χ0v) is 18.1. The average Bonchev–Trinajstić information content (AvgIpc) is 3.36. The Labute approximate surface area is 181 Å². The van der Waals surface area contributed by atoms with E-state index in [9.17, 15) is 10.1 Å². The molecule has 0 unspecified atom stereocenters. The van der Waals surface area contributed by atoms with E-state index in [-0.39, 0.29) is 12.2 Å². The fraction of sp³-hybridized carbons (Fsp3) is 0.292. The Morgan fingerprint density at radius 2 is 2.00 bits per heavy atom. The maximum absolute atomic E-state index is 12.4. The van der Waals surface area contributed by atoms with Gasteiger partial charge in [0.25, 0.3) is 0 Å². The number of aromatic nitrogens is 2. The molecule has 0 spiro atoms. The van der Waals surface area contributed by atoms with Gasteiger partial charge in [-0.3, -0.25) is 0 Å². The number of hydrogen-bond donors (Lipinski definition) is 0. The van der Waals surface area contributed by atoms with E-state index in [1.54, 1.807) is 19.3 Å². The second-order valence-corrected chi connectivity index (χ2v) is 7.13. The minimum atomic E-state index is -0.704. The van der Waals surface area contributed by atoms with Crippen molar-refractivity contribution in [3.05, 3.63) is 64.7 Å². The number of carbonyl (C=O) groups is 1. The molecule has 0 aliphatic rings. The van der Waals surface area contributed by atoms with Crippen LogP contribution in [0.3, 0.4) is 0 Å². The molecule has 0 saturated carbocycles. The summed E-state index contributed by atoms with van der Waals surface area (Å²) in [5.74, 6) is 0.426. The molecule has 2 aromatic heterocycles. The summed E-state index contributed by atoms with van der Waals surface area (Å²) >= 11 is 0. The molecule has 0 N–H and O–H groups in total. The normalized spacial score (nSPS) is 11.3. The van der Waals surface area contributed by atoms with Gasteiger partial charge in [-0.15, -0.1) is 0 Å². The summed E-state index contributed by atoms with van der Waals surface area (Å²) in [4.78, 5) is 12.4. The van der Waals surface area contributed by atoms with Gasteiger partial charge in [0.2, 0.25) is 0 Å². The Morgan fingerprint density at radius 3 is 2.65 bits per heavy atom. The largest absolute Gasteiger partial charge is 0.497 e. The lowest BCUT2D eigenvalue weighted by Crippen LogP contribution is -2.06. The Kier molecular flexibility index (Phi) is 6.93. The number of aryl methyl sites for hydroxylation is 1. The van der Waals surface area contributed by atoms with Crippen LogP contribution in [0.4, 0.5) is 0 Å². The van der Waals surface area contributed by atoms with Crippen molar-refractivity contribution >= 4 is 12.0 Å². The van der Waals surface area contributed by atoms with Crippen LogP contribution in [-0.4, -0.2) is 22.8 Å². The molecule has 7 nitrogen and oxygen atoms in total. The molecule has 3 rings (SSSR count). The number of hydrogen-bond acceptors (Lipinski definition) is 6. The Hall–Kier alpha value is -3.79. The van der Waals surface area contributed by atoms with E-state index in [1.807, 2.05) is 50.2 Å². The quantitative estimate of drug-likeness (QED) is 0.295. The maximum Gasteiger partial charge on any atom is 0.349 e. The van der Waals surface area contributed by atoms with Gasteiger partial charge in [-0.2, -0.15) is 5.26 Å². The van der Waals surface area contributed by atoms with Crippen LogP contribution >= 0.6 is 0 Å². The van der Waals surface area contributed by atoms with Crippen molar-refractivity contribution in [2.75, 3.05) is 7.11 Å². The van der Waals surface area contributed by atoms with Gasteiger partial charge < -0.3 is 18.6 Å². The summed E-state index contributed by atoms with van der Waals surface area (Å²) in [5.41, 5.74) is 4.34. The highest BCUT2D eigenvalue weighted by atomic mass is 16.5. The van der Waals surface area contributed by atoms with Gasteiger partial charge in [-0.1, -0.05) is 12.1 Å². The van der Waals surface area contributed by atoms with E-state index in [2.05, 4.69) is 16.6 Å². The van der Waals surface area contributed by atoms with E-state index in [4.69, 9.17) is 14.0 Å². The molecule has 7 heteroatoms. The van der Waals surface area contributed by atoms with Gasteiger partial charge in [0, 0.05) is 29.6 Å². The van der Waals surface area contributed by atoms with Gasteiger partial charge >= 0.3 is 5.97 Å². The van der Waals surface area contributed by atoms with Crippen molar-refractivity contribution in [2.24, 2.45) is 0 Å². The molecule has 1 aromatic carbocycles. The average molecular weight is 419 g/mol. The molecule has 31 heavy (non-hydrogen) atoms. The topological polar surface area (TPSA) is 90.3 Å². The lowest BCUT2D eigenvalue weighted by Gasteiger charge is -2.07. The highest BCUT2D eigenvalue weighted by Gasteiger charge is 2.16. The zero-order valence-electron chi connectivity index (χ0n) is 18.1. The molecule has 0 aliphatic carbocycles.